The number of carbonyl (C=O) groups is 1. The Morgan fingerprint density at radius 3 is 1.29 bits per heavy atom. The number of halogens is 4. The van der Waals surface area contributed by atoms with Gasteiger partial charge in [0.15, 0.2) is 5.78 Å². The predicted octanol–water partition coefficient (Wildman–Crippen LogP) is 3.61. The molecule has 0 atom stereocenters. The molecule has 0 aromatic heterocycles. The van der Waals surface area contributed by atoms with E-state index in [1.54, 1.807) is 0 Å². The first-order valence-corrected chi connectivity index (χ1v) is 7.01. The van der Waals surface area contributed by atoms with E-state index in [0.29, 0.717) is 12.1 Å². The van der Waals surface area contributed by atoms with E-state index >= 15 is 0 Å². The van der Waals surface area contributed by atoms with Crippen LogP contribution in [0.25, 0.3) is 0 Å². The molecular weight excluding hydrogens is 324 g/mol. The van der Waals surface area contributed by atoms with Gasteiger partial charge in [-0.1, -0.05) is 0 Å². The van der Waals surface area contributed by atoms with Crippen LogP contribution < -0.4 is 9.80 Å². The van der Waals surface area contributed by atoms with Gasteiger partial charge in [-0.05, 0) is 12.1 Å². The molecule has 24 heavy (non-hydrogen) atoms. The highest BCUT2D eigenvalue weighted by atomic mass is 19.1. The predicted molar refractivity (Wildman–Crippen MR) is 84.8 cm³/mol. The van der Waals surface area contributed by atoms with E-state index < -0.39 is 40.2 Å². The standard InChI is InChI=1S/C17H16F4N2O/c1-22(2)15-7-11(18)9(5-13(15)20)17(24)10-6-14(21)16(23(3)4)8-12(10)19/h5-8H,1-4H3. The van der Waals surface area contributed by atoms with Crippen LogP contribution in [0.15, 0.2) is 24.3 Å². The Balaban J connectivity index is 2.54. The molecule has 0 saturated carbocycles. The van der Waals surface area contributed by atoms with E-state index in [9.17, 15) is 22.4 Å². The Kier molecular flexibility index (Phi) is 4.82. The van der Waals surface area contributed by atoms with Crippen molar-refractivity contribution < 1.29 is 22.4 Å². The first-order chi connectivity index (χ1) is 11.1. The molecule has 2 rings (SSSR count). The van der Waals surface area contributed by atoms with Gasteiger partial charge in [-0.2, -0.15) is 0 Å². The maximum Gasteiger partial charge on any atom is 0.199 e. The van der Waals surface area contributed by atoms with Crippen molar-refractivity contribution in [3.63, 3.8) is 0 Å². The highest BCUT2D eigenvalue weighted by Crippen LogP contribution is 2.27. The Labute approximate surface area is 137 Å². The highest BCUT2D eigenvalue weighted by Gasteiger charge is 2.23. The number of nitrogens with zero attached hydrogens (tertiary/aromatic N) is 2. The van der Waals surface area contributed by atoms with Gasteiger partial charge in [0.1, 0.15) is 23.3 Å². The van der Waals surface area contributed by atoms with Gasteiger partial charge in [0.05, 0.1) is 22.5 Å². The van der Waals surface area contributed by atoms with Crippen LogP contribution in [0.2, 0.25) is 0 Å². The third-order valence-electron chi connectivity index (χ3n) is 3.53. The van der Waals surface area contributed by atoms with Crippen molar-refractivity contribution in [2.75, 3.05) is 38.0 Å². The van der Waals surface area contributed by atoms with Crippen molar-refractivity contribution in [2.45, 2.75) is 0 Å². The number of benzene rings is 2. The molecule has 0 aliphatic carbocycles. The minimum absolute atomic E-state index is 0.0568. The normalized spacial score (nSPS) is 10.7. The maximum absolute atomic E-state index is 14.1. The molecular formula is C17H16F4N2O. The summed E-state index contributed by atoms with van der Waals surface area (Å²) in [5.41, 5.74) is -1.43. The summed E-state index contributed by atoms with van der Waals surface area (Å²) in [6, 6.07) is 3.05. The third-order valence-corrected chi connectivity index (χ3v) is 3.53. The van der Waals surface area contributed by atoms with E-state index in [4.69, 9.17) is 0 Å². The second-order valence-electron chi connectivity index (χ2n) is 5.68. The van der Waals surface area contributed by atoms with Gasteiger partial charge < -0.3 is 9.80 Å². The Hall–Kier alpha value is -2.57. The topological polar surface area (TPSA) is 23.6 Å². The molecule has 0 spiro atoms. The van der Waals surface area contributed by atoms with E-state index in [2.05, 4.69) is 0 Å². The van der Waals surface area contributed by atoms with Crippen molar-refractivity contribution in [3.8, 4) is 0 Å². The summed E-state index contributed by atoms with van der Waals surface area (Å²) in [7, 11) is 6.03. The Bertz CT molecular complexity index is 738. The lowest BCUT2D eigenvalue weighted by Gasteiger charge is -2.16. The second-order valence-corrected chi connectivity index (χ2v) is 5.68. The molecule has 2 aromatic rings. The lowest BCUT2D eigenvalue weighted by molar-refractivity contribution is 0.103. The molecule has 7 heteroatoms. The van der Waals surface area contributed by atoms with Gasteiger partial charge in [-0.3, -0.25) is 4.79 Å². The van der Waals surface area contributed by atoms with Crippen molar-refractivity contribution in [1.82, 2.24) is 0 Å². The van der Waals surface area contributed by atoms with Gasteiger partial charge in [-0.15, -0.1) is 0 Å². The lowest BCUT2D eigenvalue weighted by atomic mass is 10.0. The number of hydrogen-bond acceptors (Lipinski definition) is 3. The maximum atomic E-state index is 14.1. The zero-order chi connectivity index (χ0) is 18.2. The number of rotatable bonds is 4. The van der Waals surface area contributed by atoms with Gasteiger partial charge in [0.25, 0.3) is 0 Å². The lowest BCUT2D eigenvalue weighted by Crippen LogP contribution is -2.15. The molecule has 128 valence electrons. The molecule has 0 amide bonds. The fraction of sp³-hybridized carbons (Fsp3) is 0.235. The van der Waals surface area contributed by atoms with Crippen LogP contribution in [-0.2, 0) is 0 Å². The van der Waals surface area contributed by atoms with E-state index in [1.807, 2.05) is 0 Å². The smallest absolute Gasteiger partial charge is 0.199 e. The highest BCUT2D eigenvalue weighted by molar-refractivity contribution is 6.09. The van der Waals surface area contributed by atoms with Crippen LogP contribution >= 0.6 is 0 Å². The van der Waals surface area contributed by atoms with Crippen molar-refractivity contribution in [1.29, 1.82) is 0 Å². The molecule has 0 fully saturated rings. The molecule has 0 aliphatic heterocycles. The van der Waals surface area contributed by atoms with E-state index in [1.165, 1.54) is 38.0 Å². The van der Waals surface area contributed by atoms with Crippen LogP contribution in [-0.4, -0.2) is 34.0 Å². The quantitative estimate of drug-likeness (QED) is 0.628. The largest absolute Gasteiger partial charge is 0.375 e. The number of hydrogen-bond donors (Lipinski definition) is 0. The summed E-state index contributed by atoms with van der Waals surface area (Å²) in [4.78, 5) is 15.0. The summed E-state index contributed by atoms with van der Waals surface area (Å²) >= 11 is 0. The average Bonchev–Trinajstić information content (AvgIpc) is 2.49. The first kappa shape index (κ1) is 17.8. The SMILES string of the molecule is CN(C)c1cc(F)c(C(=O)c2cc(F)c(N(C)C)cc2F)cc1F. The minimum atomic E-state index is -1.13. The third kappa shape index (κ3) is 3.20. The number of ketones is 1. The molecule has 2 aromatic carbocycles. The zero-order valence-corrected chi connectivity index (χ0v) is 13.6. The fourth-order valence-electron chi connectivity index (χ4n) is 2.25. The second kappa shape index (κ2) is 6.51. The molecule has 0 heterocycles. The Morgan fingerprint density at radius 2 is 1.00 bits per heavy atom. The first-order valence-electron chi connectivity index (χ1n) is 7.01. The number of anilines is 2. The van der Waals surface area contributed by atoms with Gasteiger partial charge in [0, 0.05) is 40.3 Å². The van der Waals surface area contributed by atoms with Crippen molar-refractivity contribution in [2.24, 2.45) is 0 Å². The molecule has 0 radical (unpaired) electrons. The van der Waals surface area contributed by atoms with Gasteiger partial charge in [-0.25, -0.2) is 17.6 Å². The summed E-state index contributed by atoms with van der Waals surface area (Å²) in [5.74, 6) is -4.83. The van der Waals surface area contributed by atoms with Gasteiger partial charge in [0.2, 0.25) is 0 Å². The van der Waals surface area contributed by atoms with Crippen LogP contribution in [0.4, 0.5) is 28.9 Å². The molecule has 0 saturated heterocycles. The van der Waals surface area contributed by atoms with Crippen LogP contribution in [0.5, 0.6) is 0 Å². The zero-order valence-electron chi connectivity index (χ0n) is 13.6. The van der Waals surface area contributed by atoms with Crippen molar-refractivity contribution in [3.05, 3.63) is 58.7 Å². The molecule has 0 aliphatic rings. The molecule has 3 nitrogen and oxygen atoms in total. The average molecular weight is 340 g/mol. The van der Waals surface area contributed by atoms with Crippen LogP contribution in [0, 0.1) is 23.3 Å². The molecule has 0 N–H and O–H groups in total. The van der Waals surface area contributed by atoms with Gasteiger partial charge >= 0.3 is 0 Å². The summed E-state index contributed by atoms with van der Waals surface area (Å²) in [6.45, 7) is 0. The molecule has 0 unspecified atom stereocenters. The summed E-state index contributed by atoms with van der Waals surface area (Å²) in [5, 5.41) is 0. The van der Waals surface area contributed by atoms with Crippen LogP contribution in [0.3, 0.4) is 0 Å². The fourth-order valence-corrected chi connectivity index (χ4v) is 2.25. The van der Waals surface area contributed by atoms with Crippen LogP contribution in [0.1, 0.15) is 15.9 Å². The monoisotopic (exact) mass is 340 g/mol. The number of carbonyl (C=O) groups excluding carboxylic acids is 1. The van der Waals surface area contributed by atoms with E-state index in [0.717, 1.165) is 12.1 Å². The van der Waals surface area contributed by atoms with Crippen molar-refractivity contribution >= 4 is 17.2 Å². The molecule has 0 bridgehead atoms. The Morgan fingerprint density at radius 1 is 0.667 bits per heavy atom. The minimum Gasteiger partial charge on any atom is -0.375 e. The van der Waals surface area contributed by atoms with E-state index in [-0.39, 0.29) is 11.4 Å². The summed E-state index contributed by atoms with van der Waals surface area (Å²) < 4.78 is 56.2. The summed E-state index contributed by atoms with van der Waals surface area (Å²) in [6.07, 6.45) is 0.